The molecule has 2 aromatic heterocycles. The average molecular weight is 406 g/mol. The maximum Gasteiger partial charge on any atom is 0.257 e. The van der Waals surface area contributed by atoms with Crippen molar-refractivity contribution in [3.8, 4) is 0 Å². The predicted molar refractivity (Wildman–Crippen MR) is 113 cm³/mol. The fraction of sp³-hybridized carbons (Fsp3) is 0.391. The summed E-state index contributed by atoms with van der Waals surface area (Å²) in [6, 6.07) is 9.20. The van der Waals surface area contributed by atoms with E-state index >= 15 is 0 Å². The molecule has 0 bridgehead atoms. The Morgan fingerprint density at radius 1 is 1.10 bits per heavy atom. The van der Waals surface area contributed by atoms with E-state index in [1.807, 2.05) is 43.0 Å². The molecule has 2 amide bonds. The second-order valence-electron chi connectivity index (χ2n) is 8.03. The number of hydrogen-bond acceptors (Lipinski definition) is 5. The quantitative estimate of drug-likeness (QED) is 0.694. The molecule has 1 aliphatic heterocycles. The van der Waals surface area contributed by atoms with Gasteiger partial charge in [-0.2, -0.15) is 0 Å². The SMILES string of the molecule is CC(C)c1noc2ncc(C(=O)NCc3ccc(C(=O)N4CCCCC4)cc3)cc12. The molecule has 1 aliphatic rings. The molecule has 3 heterocycles. The van der Waals surface area contributed by atoms with Crippen LogP contribution in [0.25, 0.3) is 11.1 Å². The molecule has 0 atom stereocenters. The second-order valence-corrected chi connectivity index (χ2v) is 8.03. The zero-order chi connectivity index (χ0) is 21.1. The first-order valence-corrected chi connectivity index (χ1v) is 10.4. The van der Waals surface area contributed by atoms with Gasteiger partial charge in [-0.15, -0.1) is 0 Å². The number of nitrogens with one attached hydrogen (secondary N) is 1. The molecule has 0 aliphatic carbocycles. The molecule has 0 radical (unpaired) electrons. The average Bonchev–Trinajstić information content (AvgIpc) is 3.21. The summed E-state index contributed by atoms with van der Waals surface area (Å²) in [5.41, 5.74) is 3.31. The number of benzene rings is 1. The van der Waals surface area contributed by atoms with Gasteiger partial charge in [0.2, 0.25) is 0 Å². The van der Waals surface area contributed by atoms with Crippen molar-refractivity contribution in [2.75, 3.05) is 13.1 Å². The van der Waals surface area contributed by atoms with Gasteiger partial charge < -0.3 is 14.7 Å². The van der Waals surface area contributed by atoms with Crippen molar-refractivity contribution in [1.82, 2.24) is 20.4 Å². The third-order valence-electron chi connectivity index (χ3n) is 5.46. The molecule has 7 nitrogen and oxygen atoms in total. The first kappa shape index (κ1) is 20.1. The van der Waals surface area contributed by atoms with E-state index < -0.39 is 0 Å². The maximum absolute atomic E-state index is 12.6. The van der Waals surface area contributed by atoms with E-state index in [9.17, 15) is 9.59 Å². The third-order valence-corrected chi connectivity index (χ3v) is 5.46. The summed E-state index contributed by atoms with van der Waals surface area (Å²) in [6.07, 6.45) is 4.84. The second kappa shape index (κ2) is 8.65. The zero-order valence-corrected chi connectivity index (χ0v) is 17.4. The summed E-state index contributed by atoms with van der Waals surface area (Å²) < 4.78 is 5.22. The summed E-state index contributed by atoms with van der Waals surface area (Å²) >= 11 is 0. The van der Waals surface area contributed by atoms with Gasteiger partial charge in [-0.3, -0.25) is 9.59 Å². The van der Waals surface area contributed by atoms with Crippen LogP contribution in [-0.2, 0) is 6.54 Å². The highest BCUT2D eigenvalue weighted by molar-refractivity contribution is 5.97. The standard InChI is InChI=1S/C23H26N4O3/c1-15(2)20-19-12-18(14-25-22(19)30-26-20)21(28)24-13-16-6-8-17(9-7-16)23(29)27-10-4-3-5-11-27/h6-9,12,14-15H,3-5,10-11,13H2,1-2H3,(H,24,28). The van der Waals surface area contributed by atoms with Crippen LogP contribution in [0.15, 0.2) is 41.1 Å². The molecule has 1 N–H and O–H groups in total. The van der Waals surface area contributed by atoms with Gasteiger partial charge in [0.15, 0.2) is 0 Å². The Balaban J connectivity index is 1.39. The lowest BCUT2D eigenvalue weighted by atomic mass is 10.1. The molecule has 0 spiro atoms. The van der Waals surface area contributed by atoms with Gasteiger partial charge in [0.05, 0.1) is 16.6 Å². The van der Waals surface area contributed by atoms with E-state index in [-0.39, 0.29) is 17.7 Å². The van der Waals surface area contributed by atoms with Crippen molar-refractivity contribution >= 4 is 22.9 Å². The van der Waals surface area contributed by atoms with Crippen molar-refractivity contribution in [3.63, 3.8) is 0 Å². The van der Waals surface area contributed by atoms with Crippen molar-refractivity contribution in [3.05, 3.63) is 58.9 Å². The summed E-state index contributed by atoms with van der Waals surface area (Å²) in [5, 5.41) is 7.71. The maximum atomic E-state index is 12.6. The summed E-state index contributed by atoms with van der Waals surface area (Å²) in [4.78, 5) is 31.3. The number of hydrogen-bond donors (Lipinski definition) is 1. The number of likely N-dealkylation sites (tertiary alicyclic amines) is 1. The van der Waals surface area contributed by atoms with E-state index in [4.69, 9.17) is 4.52 Å². The van der Waals surface area contributed by atoms with E-state index in [0.29, 0.717) is 23.4 Å². The Morgan fingerprint density at radius 2 is 1.83 bits per heavy atom. The predicted octanol–water partition coefficient (Wildman–Crippen LogP) is 3.90. The normalized spacial score (nSPS) is 14.3. The minimum Gasteiger partial charge on any atom is -0.348 e. The van der Waals surface area contributed by atoms with Crippen LogP contribution in [0.4, 0.5) is 0 Å². The molecule has 7 heteroatoms. The van der Waals surface area contributed by atoms with E-state index in [1.165, 1.54) is 12.6 Å². The monoisotopic (exact) mass is 406 g/mol. The van der Waals surface area contributed by atoms with Crippen LogP contribution in [0.2, 0.25) is 0 Å². The Labute approximate surface area is 175 Å². The molecule has 30 heavy (non-hydrogen) atoms. The molecular weight excluding hydrogens is 380 g/mol. The Bertz CT molecular complexity index is 1050. The van der Waals surface area contributed by atoms with Gasteiger partial charge >= 0.3 is 0 Å². The Hall–Kier alpha value is -3.22. The lowest BCUT2D eigenvalue weighted by molar-refractivity contribution is 0.0724. The number of nitrogens with zero attached hydrogens (tertiary/aromatic N) is 3. The molecule has 0 unspecified atom stereocenters. The van der Waals surface area contributed by atoms with Gasteiger partial charge in [-0.1, -0.05) is 31.1 Å². The molecule has 4 rings (SSSR count). The van der Waals surface area contributed by atoms with Gasteiger partial charge in [0.25, 0.3) is 17.5 Å². The number of pyridine rings is 1. The topological polar surface area (TPSA) is 88.3 Å². The van der Waals surface area contributed by atoms with Crippen LogP contribution in [0.3, 0.4) is 0 Å². The van der Waals surface area contributed by atoms with Crippen LogP contribution >= 0.6 is 0 Å². The van der Waals surface area contributed by atoms with Crippen LogP contribution in [0, 0.1) is 0 Å². The number of rotatable bonds is 5. The molecular formula is C23H26N4O3. The van der Waals surface area contributed by atoms with Crippen LogP contribution in [-0.4, -0.2) is 39.9 Å². The number of piperidine rings is 1. The summed E-state index contributed by atoms with van der Waals surface area (Å²) in [6.45, 7) is 6.07. The van der Waals surface area contributed by atoms with Gasteiger partial charge in [-0.05, 0) is 48.9 Å². The molecule has 3 aromatic rings. The molecule has 1 saturated heterocycles. The van der Waals surface area contributed by atoms with Crippen LogP contribution in [0.1, 0.15) is 71.0 Å². The number of amides is 2. The zero-order valence-electron chi connectivity index (χ0n) is 17.4. The highest BCUT2D eigenvalue weighted by atomic mass is 16.5. The lowest BCUT2D eigenvalue weighted by Gasteiger charge is -2.26. The van der Waals surface area contributed by atoms with Crippen molar-refractivity contribution in [1.29, 1.82) is 0 Å². The van der Waals surface area contributed by atoms with Crippen molar-refractivity contribution < 1.29 is 14.1 Å². The lowest BCUT2D eigenvalue weighted by Crippen LogP contribution is -2.35. The smallest absolute Gasteiger partial charge is 0.257 e. The highest BCUT2D eigenvalue weighted by Gasteiger charge is 2.18. The number of carbonyl (C=O) groups excluding carboxylic acids is 2. The highest BCUT2D eigenvalue weighted by Crippen LogP contribution is 2.24. The van der Waals surface area contributed by atoms with E-state index in [0.717, 1.165) is 42.6 Å². The van der Waals surface area contributed by atoms with E-state index in [1.54, 1.807) is 6.07 Å². The van der Waals surface area contributed by atoms with Gasteiger partial charge in [-0.25, -0.2) is 4.98 Å². The Kier molecular flexibility index (Phi) is 5.79. The molecule has 0 saturated carbocycles. The first-order chi connectivity index (χ1) is 14.5. The minimum atomic E-state index is -0.214. The van der Waals surface area contributed by atoms with Crippen molar-refractivity contribution in [2.45, 2.75) is 45.6 Å². The fourth-order valence-corrected chi connectivity index (χ4v) is 3.72. The molecule has 1 aromatic carbocycles. The largest absolute Gasteiger partial charge is 0.348 e. The summed E-state index contributed by atoms with van der Waals surface area (Å²) in [7, 11) is 0. The fourth-order valence-electron chi connectivity index (χ4n) is 3.72. The first-order valence-electron chi connectivity index (χ1n) is 10.4. The number of fused-ring (bicyclic) bond motifs is 1. The summed E-state index contributed by atoms with van der Waals surface area (Å²) in [5.74, 6) is 0.0469. The van der Waals surface area contributed by atoms with Crippen LogP contribution in [0.5, 0.6) is 0 Å². The van der Waals surface area contributed by atoms with E-state index in [2.05, 4.69) is 15.5 Å². The Morgan fingerprint density at radius 3 is 2.53 bits per heavy atom. The third kappa shape index (κ3) is 4.20. The van der Waals surface area contributed by atoms with Gasteiger partial charge in [0, 0.05) is 31.4 Å². The minimum absolute atomic E-state index is 0.0827. The van der Waals surface area contributed by atoms with Crippen molar-refractivity contribution in [2.24, 2.45) is 0 Å². The number of carbonyl (C=O) groups is 2. The molecule has 1 fully saturated rings. The molecule has 156 valence electrons. The van der Waals surface area contributed by atoms with Crippen LogP contribution < -0.4 is 5.32 Å². The van der Waals surface area contributed by atoms with Gasteiger partial charge in [0.1, 0.15) is 0 Å². The number of aromatic nitrogens is 2.